The number of hydrogen-bond acceptors (Lipinski definition) is 6. The number of nitro benzene ring substituents is 1. The number of hydrogen-bond donors (Lipinski definition) is 2. The van der Waals surface area contributed by atoms with E-state index in [1.54, 1.807) is 23.7 Å². The smallest absolute Gasteiger partial charge is 0.269 e. The number of nitrogens with one attached hydrogen (secondary N) is 2. The van der Waals surface area contributed by atoms with Gasteiger partial charge in [-0.05, 0) is 50.3 Å². The standard InChI is InChI=1S/C18H17N7O2S/c1-12(20-22-18(28)19-14-6-4-3-5-7-14)17-13(2)24(23-21-17)15-8-10-16(11-9-15)25(26)27/h3-11H,1-2H3,(H2,19,22,28)/b20-12+. The number of hydrazone groups is 1. The zero-order valence-electron chi connectivity index (χ0n) is 15.2. The van der Waals surface area contributed by atoms with Crippen LogP contribution in [0, 0.1) is 17.0 Å². The third-order valence-electron chi connectivity index (χ3n) is 3.90. The Hall–Kier alpha value is -3.66. The predicted octanol–water partition coefficient (Wildman–Crippen LogP) is 3.19. The highest BCUT2D eigenvalue weighted by molar-refractivity contribution is 7.80. The molecule has 0 saturated carbocycles. The van der Waals surface area contributed by atoms with Crippen molar-refractivity contribution in [1.82, 2.24) is 20.4 Å². The minimum Gasteiger partial charge on any atom is -0.331 e. The summed E-state index contributed by atoms with van der Waals surface area (Å²) in [6.07, 6.45) is 0. The monoisotopic (exact) mass is 395 g/mol. The van der Waals surface area contributed by atoms with Crippen molar-refractivity contribution in [3.8, 4) is 5.69 Å². The van der Waals surface area contributed by atoms with Crippen LogP contribution in [0.1, 0.15) is 18.3 Å². The fraction of sp³-hybridized carbons (Fsp3) is 0.111. The first-order valence-electron chi connectivity index (χ1n) is 8.29. The highest BCUT2D eigenvalue weighted by atomic mass is 32.1. The molecule has 9 nitrogen and oxygen atoms in total. The van der Waals surface area contributed by atoms with Gasteiger partial charge in [0.2, 0.25) is 0 Å². The van der Waals surface area contributed by atoms with E-state index in [4.69, 9.17) is 12.2 Å². The maximum atomic E-state index is 10.8. The van der Waals surface area contributed by atoms with Crippen molar-refractivity contribution in [2.45, 2.75) is 13.8 Å². The second kappa shape index (κ2) is 8.35. The number of para-hydroxylation sites is 1. The van der Waals surface area contributed by atoms with Gasteiger partial charge in [0, 0.05) is 17.8 Å². The molecule has 0 amide bonds. The van der Waals surface area contributed by atoms with Gasteiger partial charge in [0.25, 0.3) is 5.69 Å². The zero-order valence-corrected chi connectivity index (χ0v) is 16.0. The van der Waals surface area contributed by atoms with Crippen molar-refractivity contribution in [3.05, 3.63) is 76.1 Å². The number of anilines is 1. The van der Waals surface area contributed by atoms with Gasteiger partial charge < -0.3 is 5.32 Å². The van der Waals surface area contributed by atoms with Crippen molar-refractivity contribution < 1.29 is 4.92 Å². The minimum absolute atomic E-state index is 0.0168. The minimum atomic E-state index is -0.446. The second-order valence-electron chi connectivity index (χ2n) is 5.84. The van der Waals surface area contributed by atoms with E-state index in [0.717, 1.165) is 11.4 Å². The number of nitrogens with zero attached hydrogens (tertiary/aromatic N) is 5. The molecule has 0 aliphatic heterocycles. The molecule has 0 unspecified atom stereocenters. The predicted molar refractivity (Wildman–Crippen MR) is 111 cm³/mol. The fourth-order valence-electron chi connectivity index (χ4n) is 2.49. The summed E-state index contributed by atoms with van der Waals surface area (Å²) in [5.41, 5.74) is 6.26. The van der Waals surface area contributed by atoms with Gasteiger partial charge in [-0.2, -0.15) is 5.10 Å². The van der Waals surface area contributed by atoms with E-state index in [9.17, 15) is 10.1 Å². The summed E-state index contributed by atoms with van der Waals surface area (Å²) in [6.45, 7) is 3.63. The molecule has 0 aliphatic rings. The average Bonchev–Trinajstić information content (AvgIpc) is 3.08. The summed E-state index contributed by atoms with van der Waals surface area (Å²) in [5, 5.41) is 26.7. The molecule has 2 aromatic carbocycles. The summed E-state index contributed by atoms with van der Waals surface area (Å²) in [7, 11) is 0. The van der Waals surface area contributed by atoms with Crippen LogP contribution in [-0.4, -0.2) is 30.7 Å². The Balaban J connectivity index is 1.72. The number of rotatable bonds is 5. The van der Waals surface area contributed by atoms with Crippen molar-refractivity contribution >= 4 is 34.4 Å². The van der Waals surface area contributed by atoms with Gasteiger partial charge >= 0.3 is 0 Å². The zero-order chi connectivity index (χ0) is 20.1. The van der Waals surface area contributed by atoms with Crippen molar-refractivity contribution in [3.63, 3.8) is 0 Å². The van der Waals surface area contributed by atoms with Gasteiger partial charge in [-0.25, -0.2) is 4.68 Å². The number of aromatic nitrogens is 3. The number of nitro groups is 1. The summed E-state index contributed by atoms with van der Waals surface area (Å²) in [4.78, 5) is 10.3. The van der Waals surface area contributed by atoms with Crippen LogP contribution in [0.15, 0.2) is 59.7 Å². The van der Waals surface area contributed by atoms with E-state index in [2.05, 4.69) is 26.2 Å². The summed E-state index contributed by atoms with van der Waals surface area (Å²) in [6, 6.07) is 15.6. The molecule has 0 aliphatic carbocycles. The highest BCUT2D eigenvalue weighted by Crippen LogP contribution is 2.17. The van der Waals surface area contributed by atoms with Gasteiger partial charge in [0.15, 0.2) is 5.11 Å². The van der Waals surface area contributed by atoms with Gasteiger partial charge in [-0.1, -0.05) is 23.4 Å². The summed E-state index contributed by atoms with van der Waals surface area (Å²) in [5.74, 6) is 0. The molecule has 1 heterocycles. The lowest BCUT2D eigenvalue weighted by atomic mass is 10.2. The third kappa shape index (κ3) is 4.35. The second-order valence-corrected chi connectivity index (χ2v) is 6.25. The molecule has 0 saturated heterocycles. The van der Waals surface area contributed by atoms with Crippen LogP contribution in [0.5, 0.6) is 0 Å². The lowest BCUT2D eigenvalue weighted by Crippen LogP contribution is -2.25. The Bertz CT molecular complexity index is 1030. The molecule has 3 rings (SSSR count). The van der Waals surface area contributed by atoms with E-state index >= 15 is 0 Å². The van der Waals surface area contributed by atoms with E-state index in [1.807, 2.05) is 37.3 Å². The number of thiocarbonyl (C=S) groups is 1. The highest BCUT2D eigenvalue weighted by Gasteiger charge is 2.14. The first-order chi connectivity index (χ1) is 13.5. The molecule has 0 fully saturated rings. The normalized spacial score (nSPS) is 11.1. The Morgan fingerprint density at radius 1 is 1.18 bits per heavy atom. The summed E-state index contributed by atoms with van der Waals surface area (Å²) >= 11 is 5.23. The maximum Gasteiger partial charge on any atom is 0.269 e. The van der Waals surface area contributed by atoms with Crippen LogP contribution in [0.2, 0.25) is 0 Å². The Morgan fingerprint density at radius 3 is 2.50 bits per heavy atom. The largest absolute Gasteiger partial charge is 0.331 e. The quantitative estimate of drug-likeness (QED) is 0.295. The molecule has 28 heavy (non-hydrogen) atoms. The Morgan fingerprint density at radius 2 is 1.86 bits per heavy atom. The van der Waals surface area contributed by atoms with Crippen LogP contribution in [-0.2, 0) is 0 Å². The maximum absolute atomic E-state index is 10.8. The topological polar surface area (TPSA) is 110 Å². The van der Waals surface area contributed by atoms with Crippen LogP contribution < -0.4 is 10.7 Å². The van der Waals surface area contributed by atoms with E-state index in [0.29, 0.717) is 22.2 Å². The first kappa shape index (κ1) is 19.1. The molecule has 0 atom stereocenters. The molecule has 0 radical (unpaired) electrons. The molecule has 0 bridgehead atoms. The Kier molecular flexibility index (Phi) is 5.70. The van der Waals surface area contributed by atoms with Crippen molar-refractivity contribution in [1.29, 1.82) is 0 Å². The molecular formula is C18H17N7O2S. The molecule has 10 heteroatoms. The molecule has 142 valence electrons. The van der Waals surface area contributed by atoms with Gasteiger partial charge in [0.1, 0.15) is 5.69 Å². The van der Waals surface area contributed by atoms with Gasteiger partial charge in [-0.15, -0.1) is 5.10 Å². The van der Waals surface area contributed by atoms with Crippen LogP contribution in [0.3, 0.4) is 0 Å². The van der Waals surface area contributed by atoms with Crippen molar-refractivity contribution in [2.75, 3.05) is 5.32 Å². The van der Waals surface area contributed by atoms with Gasteiger partial charge in [-0.3, -0.25) is 15.5 Å². The Labute approximate surface area is 166 Å². The number of non-ortho nitro benzene ring substituents is 1. The van der Waals surface area contributed by atoms with Gasteiger partial charge in [0.05, 0.1) is 22.0 Å². The summed E-state index contributed by atoms with van der Waals surface area (Å²) < 4.78 is 1.60. The third-order valence-corrected chi connectivity index (χ3v) is 4.09. The molecular weight excluding hydrogens is 378 g/mol. The van der Waals surface area contributed by atoms with Crippen LogP contribution in [0.4, 0.5) is 11.4 Å². The fourth-order valence-corrected chi connectivity index (χ4v) is 2.66. The lowest BCUT2D eigenvalue weighted by molar-refractivity contribution is -0.384. The number of benzene rings is 2. The van der Waals surface area contributed by atoms with Crippen LogP contribution >= 0.6 is 12.2 Å². The van der Waals surface area contributed by atoms with E-state index < -0.39 is 4.92 Å². The van der Waals surface area contributed by atoms with E-state index in [1.165, 1.54) is 12.1 Å². The van der Waals surface area contributed by atoms with E-state index in [-0.39, 0.29) is 5.69 Å². The molecule has 3 aromatic rings. The van der Waals surface area contributed by atoms with Crippen molar-refractivity contribution in [2.24, 2.45) is 5.10 Å². The average molecular weight is 395 g/mol. The molecule has 1 aromatic heterocycles. The van der Waals surface area contributed by atoms with Crippen LogP contribution in [0.25, 0.3) is 5.69 Å². The lowest BCUT2D eigenvalue weighted by Gasteiger charge is -2.07. The molecule has 0 spiro atoms. The first-order valence-corrected chi connectivity index (χ1v) is 8.70. The SMILES string of the molecule is C/C(=N\NC(=S)Nc1ccccc1)c1nnn(-c2ccc([N+](=O)[O-])cc2)c1C. The molecule has 2 N–H and O–H groups in total.